The van der Waals surface area contributed by atoms with E-state index in [2.05, 4.69) is 5.32 Å². The van der Waals surface area contributed by atoms with Gasteiger partial charge in [-0.1, -0.05) is 12.1 Å². The zero-order chi connectivity index (χ0) is 19.1. The van der Waals surface area contributed by atoms with Crippen LogP contribution in [0.2, 0.25) is 0 Å². The zero-order valence-electron chi connectivity index (χ0n) is 14.4. The number of hydrogen-bond acceptors (Lipinski definition) is 5. The number of aryl methyl sites for hydroxylation is 2. The molecule has 26 heavy (non-hydrogen) atoms. The van der Waals surface area contributed by atoms with Gasteiger partial charge in [-0.05, 0) is 54.8 Å². The summed E-state index contributed by atoms with van der Waals surface area (Å²) in [4.78, 5) is 33.6. The molecule has 2 aromatic carbocycles. The van der Waals surface area contributed by atoms with Gasteiger partial charge in [0.2, 0.25) is 0 Å². The van der Waals surface area contributed by atoms with E-state index < -0.39 is 23.4 Å². The highest BCUT2D eigenvalue weighted by molar-refractivity contribution is 5.95. The molecule has 0 aliphatic heterocycles. The van der Waals surface area contributed by atoms with Crippen LogP contribution in [0.25, 0.3) is 6.08 Å². The van der Waals surface area contributed by atoms with Crippen molar-refractivity contribution in [3.05, 3.63) is 75.3 Å². The summed E-state index contributed by atoms with van der Waals surface area (Å²) in [5.74, 6) is -1.12. The average Bonchev–Trinajstić information content (AvgIpc) is 2.61. The lowest BCUT2D eigenvalue weighted by molar-refractivity contribution is -0.384. The van der Waals surface area contributed by atoms with E-state index in [1.54, 1.807) is 0 Å². The molecule has 7 heteroatoms. The quantitative estimate of drug-likeness (QED) is 0.371. The van der Waals surface area contributed by atoms with Gasteiger partial charge in [0.1, 0.15) is 0 Å². The molecule has 2 aromatic rings. The minimum Gasteiger partial charge on any atom is -0.452 e. The average molecular weight is 354 g/mol. The van der Waals surface area contributed by atoms with Crippen molar-refractivity contribution in [1.82, 2.24) is 0 Å². The van der Waals surface area contributed by atoms with Crippen molar-refractivity contribution in [2.24, 2.45) is 0 Å². The summed E-state index contributed by atoms with van der Waals surface area (Å²) >= 11 is 0. The number of nitro groups is 1. The Balaban J connectivity index is 1.84. The van der Waals surface area contributed by atoms with Crippen LogP contribution in [-0.4, -0.2) is 23.4 Å². The van der Waals surface area contributed by atoms with Crippen molar-refractivity contribution in [3.63, 3.8) is 0 Å². The molecular weight excluding hydrogens is 336 g/mol. The number of amides is 1. The summed E-state index contributed by atoms with van der Waals surface area (Å²) in [6.45, 7) is 3.38. The number of ether oxygens (including phenoxy) is 1. The van der Waals surface area contributed by atoms with E-state index in [9.17, 15) is 19.7 Å². The van der Waals surface area contributed by atoms with E-state index >= 15 is 0 Å². The number of anilines is 1. The summed E-state index contributed by atoms with van der Waals surface area (Å²) in [5.41, 5.74) is 3.16. The first-order valence-corrected chi connectivity index (χ1v) is 7.81. The van der Waals surface area contributed by atoms with Gasteiger partial charge in [0.15, 0.2) is 6.61 Å². The standard InChI is InChI=1S/C19H18N2O5/c1-13-3-4-14(2)17(11-13)20-18(22)12-26-19(23)10-7-15-5-8-16(9-6-15)21(24)25/h3-11H,12H2,1-2H3,(H,20,22)/b10-7+. The van der Waals surface area contributed by atoms with Gasteiger partial charge in [-0.2, -0.15) is 0 Å². The predicted octanol–water partition coefficient (Wildman–Crippen LogP) is 3.41. The molecule has 2 rings (SSSR count). The number of hydrogen-bond donors (Lipinski definition) is 1. The third-order valence-electron chi connectivity index (χ3n) is 3.53. The van der Waals surface area contributed by atoms with Gasteiger partial charge in [0.05, 0.1) is 4.92 Å². The second-order valence-electron chi connectivity index (χ2n) is 5.66. The Labute approximate surface area is 150 Å². The molecule has 0 atom stereocenters. The maximum absolute atomic E-state index is 11.9. The fourth-order valence-corrected chi connectivity index (χ4v) is 2.11. The van der Waals surface area contributed by atoms with Gasteiger partial charge in [0, 0.05) is 23.9 Å². The van der Waals surface area contributed by atoms with Crippen LogP contribution in [0.4, 0.5) is 11.4 Å². The van der Waals surface area contributed by atoms with Crippen LogP contribution in [0.3, 0.4) is 0 Å². The molecule has 0 unspecified atom stereocenters. The fraction of sp³-hybridized carbons (Fsp3) is 0.158. The Hall–Kier alpha value is -3.48. The topological polar surface area (TPSA) is 98.5 Å². The Kier molecular flexibility index (Phi) is 6.21. The number of benzene rings is 2. The van der Waals surface area contributed by atoms with E-state index in [4.69, 9.17) is 4.74 Å². The van der Waals surface area contributed by atoms with Crippen LogP contribution in [0.1, 0.15) is 16.7 Å². The summed E-state index contributed by atoms with van der Waals surface area (Å²) in [6.07, 6.45) is 2.61. The van der Waals surface area contributed by atoms with E-state index in [1.807, 2.05) is 32.0 Å². The van der Waals surface area contributed by atoms with Crippen LogP contribution in [0, 0.1) is 24.0 Å². The van der Waals surface area contributed by atoms with Gasteiger partial charge in [-0.15, -0.1) is 0 Å². The molecule has 0 aliphatic carbocycles. The maximum Gasteiger partial charge on any atom is 0.331 e. The third-order valence-corrected chi connectivity index (χ3v) is 3.53. The van der Waals surface area contributed by atoms with Gasteiger partial charge in [-0.3, -0.25) is 14.9 Å². The summed E-state index contributed by atoms with van der Waals surface area (Å²) in [7, 11) is 0. The number of rotatable bonds is 6. The lowest BCUT2D eigenvalue weighted by Crippen LogP contribution is -2.20. The largest absolute Gasteiger partial charge is 0.452 e. The first kappa shape index (κ1) is 18.9. The smallest absolute Gasteiger partial charge is 0.331 e. The predicted molar refractivity (Wildman–Crippen MR) is 97.6 cm³/mol. The second-order valence-corrected chi connectivity index (χ2v) is 5.66. The highest BCUT2D eigenvalue weighted by atomic mass is 16.6. The van der Waals surface area contributed by atoms with Gasteiger partial charge < -0.3 is 10.1 Å². The number of nitro benzene ring substituents is 1. The Morgan fingerprint density at radius 2 is 1.85 bits per heavy atom. The van der Waals surface area contributed by atoms with E-state index in [1.165, 1.54) is 30.3 Å². The molecule has 0 aliphatic rings. The third kappa shape index (κ3) is 5.55. The molecule has 1 amide bonds. The fourth-order valence-electron chi connectivity index (χ4n) is 2.11. The second kappa shape index (κ2) is 8.57. The van der Waals surface area contributed by atoms with Crippen molar-refractivity contribution >= 4 is 29.3 Å². The molecular formula is C19H18N2O5. The lowest BCUT2D eigenvalue weighted by atomic mass is 10.1. The normalized spacial score (nSPS) is 10.5. The van der Waals surface area contributed by atoms with Crippen molar-refractivity contribution in [2.75, 3.05) is 11.9 Å². The number of nitrogens with zero attached hydrogens (tertiary/aromatic N) is 1. The van der Waals surface area contributed by atoms with E-state index in [-0.39, 0.29) is 5.69 Å². The Morgan fingerprint density at radius 3 is 2.50 bits per heavy atom. The minimum atomic E-state index is -0.681. The van der Waals surface area contributed by atoms with Crippen LogP contribution in [0.5, 0.6) is 0 Å². The minimum absolute atomic E-state index is 0.0344. The highest BCUT2D eigenvalue weighted by Crippen LogP contribution is 2.16. The molecule has 0 aromatic heterocycles. The number of carbonyl (C=O) groups excluding carboxylic acids is 2. The lowest BCUT2D eigenvalue weighted by Gasteiger charge is -2.09. The number of non-ortho nitro benzene ring substituents is 1. The number of nitrogens with one attached hydrogen (secondary N) is 1. The number of esters is 1. The first-order chi connectivity index (χ1) is 12.3. The molecule has 0 saturated carbocycles. The monoisotopic (exact) mass is 354 g/mol. The van der Waals surface area contributed by atoms with Crippen LogP contribution in [0.15, 0.2) is 48.5 Å². The van der Waals surface area contributed by atoms with Crippen LogP contribution in [-0.2, 0) is 14.3 Å². The summed E-state index contributed by atoms with van der Waals surface area (Å²) < 4.78 is 4.88. The molecule has 0 radical (unpaired) electrons. The maximum atomic E-state index is 11.9. The molecule has 134 valence electrons. The Bertz CT molecular complexity index is 857. The van der Waals surface area contributed by atoms with Crippen LogP contribution < -0.4 is 5.32 Å². The number of carbonyl (C=O) groups is 2. The van der Waals surface area contributed by atoms with E-state index in [0.717, 1.165) is 17.2 Å². The van der Waals surface area contributed by atoms with Crippen molar-refractivity contribution in [1.29, 1.82) is 0 Å². The van der Waals surface area contributed by atoms with Crippen LogP contribution >= 0.6 is 0 Å². The van der Waals surface area contributed by atoms with Crippen molar-refractivity contribution in [3.8, 4) is 0 Å². The van der Waals surface area contributed by atoms with Crippen molar-refractivity contribution < 1.29 is 19.2 Å². The molecule has 1 N–H and O–H groups in total. The Morgan fingerprint density at radius 1 is 1.15 bits per heavy atom. The van der Waals surface area contributed by atoms with E-state index in [0.29, 0.717) is 11.3 Å². The summed E-state index contributed by atoms with van der Waals surface area (Å²) in [5, 5.41) is 13.3. The molecule has 0 heterocycles. The molecule has 0 fully saturated rings. The van der Waals surface area contributed by atoms with Crippen molar-refractivity contribution in [2.45, 2.75) is 13.8 Å². The molecule has 0 bridgehead atoms. The van der Waals surface area contributed by atoms with Gasteiger partial charge in [-0.25, -0.2) is 4.79 Å². The highest BCUT2D eigenvalue weighted by Gasteiger charge is 2.08. The first-order valence-electron chi connectivity index (χ1n) is 7.81. The van der Waals surface area contributed by atoms with Gasteiger partial charge >= 0.3 is 5.97 Å². The molecule has 0 spiro atoms. The van der Waals surface area contributed by atoms with Gasteiger partial charge in [0.25, 0.3) is 11.6 Å². The molecule has 7 nitrogen and oxygen atoms in total. The molecule has 0 saturated heterocycles. The summed E-state index contributed by atoms with van der Waals surface area (Å²) in [6, 6.07) is 11.4. The SMILES string of the molecule is Cc1ccc(C)c(NC(=O)COC(=O)/C=C/c2ccc([N+](=O)[O-])cc2)c1. The zero-order valence-corrected chi connectivity index (χ0v) is 14.4.